The third kappa shape index (κ3) is 20.6. The lowest BCUT2D eigenvalue weighted by Gasteiger charge is -2.28. The zero-order valence-corrected chi connectivity index (χ0v) is 72.4. The molecule has 20 nitrogen and oxygen atoms in total. The topological polar surface area (TPSA) is 285 Å². The molecule has 18 rings (SSSR count). The van der Waals surface area contributed by atoms with E-state index in [1.165, 1.54) is 50.1 Å². The highest BCUT2D eigenvalue weighted by atomic mass is 35.5. The van der Waals surface area contributed by atoms with Gasteiger partial charge in [-0.1, -0.05) is 198 Å². The minimum Gasteiger partial charge on any atom is -0.493 e. The fourth-order valence-corrected chi connectivity index (χ4v) is 15.5. The van der Waals surface area contributed by atoms with Crippen LogP contribution in [0.3, 0.4) is 0 Å². The Morgan fingerprint density at radius 3 is 1.02 bits per heavy atom. The van der Waals surface area contributed by atoms with E-state index in [1.807, 2.05) is 121 Å². The molecule has 12 aromatic carbocycles. The summed E-state index contributed by atoms with van der Waals surface area (Å²) < 4.78 is 81.1. The second kappa shape index (κ2) is 41.6. The minimum atomic E-state index is -0.151. The molecule has 6 aliphatic heterocycles. The van der Waals surface area contributed by atoms with Gasteiger partial charge < -0.3 is 101 Å². The molecule has 0 fully saturated rings. The van der Waals surface area contributed by atoms with Crippen LogP contribution in [0.4, 0.5) is 0 Å². The van der Waals surface area contributed by atoms with E-state index >= 15 is 0 Å². The SMILES string of the molecule is COc1cccc(-c2cccc3c2OC(CN)CO3)c1OC.Cc1ccc(C)c(-c2cccc3c2OC(CN)CO3)c1.Cc1cccc(-c2cccc3c2OC(CN)CO3)c1C.Cc1cccc(C)c1-c1cccc2c1OC(CN)CO2.NCC1COc2cccc(-c3cc(Cl)ccc3Cl)c2O1.NCC1COc2cccc(-c3ccc(Cl)cc3Cl)c2O1. The molecular formula is C98H102Cl4N6O14. The van der Waals surface area contributed by atoms with Gasteiger partial charge in [-0.3, -0.25) is 0 Å². The summed E-state index contributed by atoms with van der Waals surface area (Å²) >= 11 is 24.5. The van der Waals surface area contributed by atoms with E-state index in [-0.39, 0.29) is 36.6 Å². The van der Waals surface area contributed by atoms with Gasteiger partial charge in [0, 0.05) is 104 Å². The Hall–Kier alpha value is -11.2. The predicted molar refractivity (Wildman–Crippen MR) is 487 cm³/mol. The van der Waals surface area contributed by atoms with Crippen LogP contribution in [-0.4, -0.2) is 130 Å². The van der Waals surface area contributed by atoms with Crippen LogP contribution in [0, 0.1) is 41.5 Å². The number of rotatable bonds is 14. The summed E-state index contributed by atoms with van der Waals surface area (Å²) in [4.78, 5) is 0. The second-order valence-corrected chi connectivity index (χ2v) is 31.3. The first kappa shape index (κ1) is 88.5. The molecule has 6 atom stereocenters. The van der Waals surface area contributed by atoms with E-state index in [1.54, 1.807) is 38.5 Å². The highest BCUT2D eigenvalue weighted by Crippen LogP contribution is 2.51. The largest absolute Gasteiger partial charge is 0.493 e. The zero-order valence-electron chi connectivity index (χ0n) is 69.4. The van der Waals surface area contributed by atoms with Crippen molar-refractivity contribution in [1.29, 1.82) is 0 Å². The molecule has 0 bridgehead atoms. The van der Waals surface area contributed by atoms with Gasteiger partial charge in [0.05, 0.1) is 19.2 Å². The van der Waals surface area contributed by atoms with Crippen molar-refractivity contribution in [2.45, 2.75) is 78.2 Å². The van der Waals surface area contributed by atoms with Crippen molar-refractivity contribution in [1.82, 2.24) is 0 Å². The Labute approximate surface area is 732 Å². The molecule has 0 spiro atoms. The van der Waals surface area contributed by atoms with Crippen molar-refractivity contribution in [3.63, 3.8) is 0 Å². The molecule has 6 unspecified atom stereocenters. The smallest absolute Gasteiger partial charge is 0.169 e. The summed E-state index contributed by atoms with van der Waals surface area (Å²) in [5.74, 6) is 10.3. The predicted octanol–water partition coefficient (Wildman–Crippen LogP) is 19.2. The van der Waals surface area contributed by atoms with Gasteiger partial charge in [-0.15, -0.1) is 0 Å². The van der Waals surface area contributed by atoms with Crippen LogP contribution < -0.4 is 101 Å². The second-order valence-electron chi connectivity index (χ2n) is 29.6. The Kier molecular flexibility index (Phi) is 30.2. The molecule has 12 aromatic rings. The van der Waals surface area contributed by atoms with E-state index in [9.17, 15) is 0 Å². The zero-order chi connectivity index (χ0) is 86.1. The number of fused-ring (bicyclic) bond motifs is 6. The van der Waals surface area contributed by atoms with Crippen LogP contribution >= 0.6 is 46.4 Å². The number of benzene rings is 12. The number of hydrogen-bond acceptors (Lipinski definition) is 20. The van der Waals surface area contributed by atoms with Gasteiger partial charge in [0.2, 0.25) is 0 Å². The molecule has 12 N–H and O–H groups in total. The Morgan fingerprint density at radius 2 is 0.607 bits per heavy atom. The van der Waals surface area contributed by atoms with Gasteiger partial charge >= 0.3 is 0 Å². The first-order chi connectivity index (χ1) is 59.2. The first-order valence-corrected chi connectivity index (χ1v) is 41.8. The molecule has 122 heavy (non-hydrogen) atoms. The molecule has 636 valence electrons. The number of nitrogens with two attached hydrogens (primary N) is 6. The maximum atomic E-state index is 6.27. The molecule has 0 aromatic heterocycles. The van der Waals surface area contributed by atoms with Crippen molar-refractivity contribution in [3.05, 3.63) is 272 Å². The van der Waals surface area contributed by atoms with Crippen molar-refractivity contribution in [3.8, 4) is 147 Å². The maximum absolute atomic E-state index is 6.27. The standard InChI is InChI=1S/C17H19NO4.3C17H19NO2.2C15H13Cl2NO2/c1-19-14-7-3-5-12(16(14)20-2)13-6-4-8-15-17(13)22-11(9-18)10-21-15;1-11-5-3-6-14(12(11)2)15-7-4-8-16-17(15)20-13(9-18)10-19-16;1-11-5-3-6-12(2)16(11)14-7-4-8-15-17(14)20-13(9-18)10-19-15;1-11-6-7-12(2)15(8-11)14-4-3-5-16-17(14)20-13(9-18)10-19-16;16-9-4-5-11(13(17)6-9)12-2-1-3-14-15(12)20-10(7-18)8-19-14;16-9-4-5-13(17)12(6-9)11-2-1-3-14-15(11)20-10(7-18)8-19-14/h3-8,11H,9-10,18H2,1-2H3;3*3-8,13H,9-10,18H2,1-2H3;2*1-6,10H,7-8,18H2. The normalized spacial score (nSPS) is 16.9. The summed E-state index contributed by atoms with van der Waals surface area (Å²) in [5.41, 5.74) is 53.6. The summed E-state index contributed by atoms with van der Waals surface area (Å²) in [5, 5.41) is 2.40. The number of hydrogen-bond donors (Lipinski definition) is 6. The molecule has 0 aliphatic carbocycles. The summed E-state index contributed by atoms with van der Waals surface area (Å²) in [7, 11) is 3.24. The molecule has 0 amide bonds. The highest BCUT2D eigenvalue weighted by Gasteiger charge is 2.31. The van der Waals surface area contributed by atoms with Crippen LogP contribution in [0.5, 0.6) is 80.5 Å². The quantitative estimate of drug-likeness (QED) is 0.0590. The Balaban J connectivity index is 0.000000126. The fraction of sp³-hybridized carbons (Fsp3) is 0.265. The minimum absolute atomic E-state index is 0.0752. The number of ether oxygens (including phenoxy) is 14. The van der Waals surface area contributed by atoms with Gasteiger partial charge in [0.25, 0.3) is 0 Å². The lowest BCUT2D eigenvalue weighted by Crippen LogP contribution is -2.35. The van der Waals surface area contributed by atoms with E-state index < -0.39 is 0 Å². The third-order valence-corrected chi connectivity index (χ3v) is 22.3. The van der Waals surface area contributed by atoms with Gasteiger partial charge in [0.1, 0.15) is 76.3 Å². The monoisotopic (exact) mass is 1730 g/mol. The van der Waals surface area contributed by atoms with Gasteiger partial charge in [-0.2, -0.15) is 0 Å². The fourth-order valence-electron chi connectivity index (χ4n) is 14.6. The number of aryl methyl sites for hydroxylation is 5. The van der Waals surface area contributed by atoms with Crippen molar-refractivity contribution in [2.24, 2.45) is 34.4 Å². The average Bonchev–Trinajstić information content (AvgIpc) is 0.823. The lowest BCUT2D eigenvalue weighted by atomic mass is 9.94. The number of halogens is 4. The molecule has 0 saturated heterocycles. The summed E-state index contributed by atoms with van der Waals surface area (Å²) in [6, 6.07) is 70.8. The molecule has 0 saturated carbocycles. The molecule has 24 heteroatoms. The maximum Gasteiger partial charge on any atom is 0.169 e. The van der Waals surface area contributed by atoms with Gasteiger partial charge in [0.15, 0.2) is 80.5 Å². The summed E-state index contributed by atoms with van der Waals surface area (Å²) in [6.45, 7) is 18.2. The van der Waals surface area contributed by atoms with Crippen LogP contribution in [0.15, 0.2) is 218 Å². The van der Waals surface area contributed by atoms with E-state index in [0.29, 0.717) is 145 Å². The first-order valence-electron chi connectivity index (χ1n) is 40.3. The highest BCUT2D eigenvalue weighted by molar-refractivity contribution is 6.37. The lowest BCUT2D eigenvalue weighted by molar-refractivity contribution is 0.0976. The van der Waals surface area contributed by atoms with Crippen LogP contribution in [0.25, 0.3) is 66.8 Å². The van der Waals surface area contributed by atoms with Crippen molar-refractivity contribution in [2.75, 3.05) is 93.1 Å². The number of methoxy groups -OCH3 is 2. The molecule has 6 aliphatic rings. The van der Waals surface area contributed by atoms with Crippen molar-refractivity contribution >= 4 is 46.4 Å². The van der Waals surface area contributed by atoms with Crippen LogP contribution in [0.1, 0.15) is 33.4 Å². The van der Waals surface area contributed by atoms with Gasteiger partial charge in [-0.05, 0) is 159 Å². The van der Waals surface area contributed by atoms with Crippen LogP contribution in [-0.2, 0) is 0 Å². The molecular weight excluding hydrogens is 1630 g/mol. The third-order valence-electron chi connectivity index (χ3n) is 21.2. The van der Waals surface area contributed by atoms with E-state index in [0.717, 1.165) is 84.6 Å². The Bertz CT molecular complexity index is 5420. The van der Waals surface area contributed by atoms with Gasteiger partial charge in [-0.25, -0.2) is 0 Å². The van der Waals surface area contributed by atoms with Crippen LogP contribution in [0.2, 0.25) is 20.1 Å². The van der Waals surface area contributed by atoms with E-state index in [2.05, 4.69) is 114 Å². The number of para-hydroxylation sites is 7. The van der Waals surface area contributed by atoms with Crippen molar-refractivity contribution < 1.29 is 66.3 Å². The average molecular weight is 1730 g/mol. The summed E-state index contributed by atoms with van der Waals surface area (Å²) in [6.07, 6.45) is -0.669. The Morgan fingerprint density at radius 1 is 0.279 bits per heavy atom. The molecule has 6 heterocycles. The molecule has 0 radical (unpaired) electrons. The van der Waals surface area contributed by atoms with E-state index in [4.69, 9.17) is 147 Å².